The third-order valence-corrected chi connectivity index (χ3v) is 4.15. The number of aryl methyl sites for hydroxylation is 1. The Balaban J connectivity index is 1.92. The minimum atomic E-state index is -0.512. The Hall–Kier alpha value is -2.60. The first kappa shape index (κ1) is 21.7. The van der Waals surface area contributed by atoms with E-state index in [1.807, 2.05) is 69.5 Å². The van der Waals surface area contributed by atoms with E-state index < -0.39 is 11.7 Å². The molecular formula is C22H31N3O3. The van der Waals surface area contributed by atoms with Crippen molar-refractivity contribution < 1.29 is 14.3 Å². The van der Waals surface area contributed by atoms with Crippen LogP contribution in [0.2, 0.25) is 0 Å². The monoisotopic (exact) mass is 385 g/mol. The van der Waals surface area contributed by atoms with Crippen LogP contribution in [-0.4, -0.2) is 27.8 Å². The third kappa shape index (κ3) is 6.53. The number of rotatable bonds is 8. The predicted octanol–water partition coefficient (Wildman–Crippen LogP) is 4.60. The van der Waals surface area contributed by atoms with Crippen LogP contribution in [0.5, 0.6) is 0 Å². The van der Waals surface area contributed by atoms with Crippen LogP contribution >= 0.6 is 0 Å². The molecule has 0 bridgehead atoms. The van der Waals surface area contributed by atoms with Gasteiger partial charge < -0.3 is 19.4 Å². The van der Waals surface area contributed by atoms with E-state index in [1.54, 1.807) is 0 Å². The highest BCUT2D eigenvalue weighted by molar-refractivity contribution is 5.67. The number of hydrogen-bond donors (Lipinski definition) is 1. The second-order valence-corrected chi connectivity index (χ2v) is 7.76. The summed E-state index contributed by atoms with van der Waals surface area (Å²) in [6, 6.07) is 10.0. The molecule has 0 atom stereocenters. The van der Waals surface area contributed by atoms with Crippen LogP contribution in [0.1, 0.15) is 50.0 Å². The van der Waals surface area contributed by atoms with E-state index >= 15 is 0 Å². The standard InChI is InChI=1S/C22H31N3O3/c1-16(12-13-23-21(26)28-22(4,5)6)25-18(3)17(2)24-20(25)15-27-14-19-10-8-7-9-11-19/h7-11H,1,12-15H2,2-6H3,(H,23,26). The summed E-state index contributed by atoms with van der Waals surface area (Å²) in [5.41, 5.74) is 3.43. The Kier molecular flexibility index (Phi) is 7.40. The molecule has 1 aromatic heterocycles. The number of nitrogens with zero attached hydrogens (tertiary/aromatic N) is 2. The molecule has 0 radical (unpaired) electrons. The summed E-state index contributed by atoms with van der Waals surface area (Å²) in [6.07, 6.45) is 0.159. The lowest BCUT2D eigenvalue weighted by atomic mass is 10.2. The molecule has 1 heterocycles. The Morgan fingerprint density at radius 1 is 1.18 bits per heavy atom. The van der Waals surface area contributed by atoms with E-state index in [2.05, 4.69) is 16.9 Å². The molecule has 28 heavy (non-hydrogen) atoms. The van der Waals surface area contributed by atoms with Gasteiger partial charge in [0, 0.05) is 24.4 Å². The van der Waals surface area contributed by atoms with E-state index in [9.17, 15) is 4.79 Å². The first-order valence-corrected chi connectivity index (χ1v) is 9.49. The lowest BCUT2D eigenvalue weighted by Crippen LogP contribution is -2.33. The van der Waals surface area contributed by atoms with Crippen LogP contribution in [0.3, 0.4) is 0 Å². The number of nitrogens with one attached hydrogen (secondary N) is 1. The highest BCUT2D eigenvalue weighted by Crippen LogP contribution is 2.19. The summed E-state index contributed by atoms with van der Waals surface area (Å²) < 4.78 is 13.1. The van der Waals surface area contributed by atoms with Crippen molar-refractivity contribution in [3.8, 4) is 0 Å². The van der Waals surface area contributed by atoms with Gasteiger partial charge in [-0.2, -0.15) is 0 Å². The lowest BCUT2D eigenvalue weighted by Gasteiger charge is -2.20. The third-order valence-electron chi connectivity index (χ3n) is 4.15. The summed E-state index contributed by atoms with van der Waals surface area (Å²) in [5.74, 6) is 0.813. The molecule has 0 fully saturated rings. The molecule has 0 saturated carbocycles. The number of benzene rings is 1. The van der Waals surface area contributed by atoms with Crippen molar-refractivity contribution in [1.29, 1.82) is 0 Å². The van der Waals surface area contributed by atoms with Gasteiger partial charge in [0.05, 0.1) is 12.3 Å². The number of amides is 1. The van der Waals surface area contributed by atoms with Crippen LogP contribution < -0.4 is 5.32 Å². The fraction of sp³-hybridized carbons (Fsp3) is 0.455. The van der Waals surface area contributed by atoms with Gasteiger partial charge >= 0.3 is 6.09 Å². The number of hydrogen-bond acceptors (Lipinski definition) is 4. The number of imidazole rings is 1. The second-order valence-electron chi connectivity index (χ2n) is 7.76. The zero-order chi connectivity index (χ0) is 20.7. The maximum absolute atomic E-state index is 11.8. The summed E-state index contributed by atoms with van der Waals surface area (Å²) >= 11 is 0. The molecule has 0 aliphatic rings. The normalized spacial score (nSPS) is 11.3. The summed E-state index contributed by atoms with van der Waals surface area (Å²) in [7, 11) is 0. The second kappa shape index (κ2) is 9.55. The topological polar surface area (TPSA) is 65.4 Å². The molecule has 0 saturated heterocycles. The van der Waals surface area contributed by atoms with Crippen LogP contribution in [0.15, 0.2) is 36.9 Å². The number of alkyl carbamates (subject to hydrolysis) is 1. The number of ether oxygens (including phenoxy) is 2. The van der Waals surface area contributed by atoms with Crippen molar-refractivity contribution in [3.05, 3.63) is 59.7 Å². The first-order chi connectivity index (χ1) is 13.2. The highest BCUT2D eigenvalue weighted by Gasteiger charge is 2.17. The maximum Gasteiger partial charge on any atom is 0.407 e. The van der Waals surface area contributed by atoms with Gasteiger partial charge in [0.1, 0.15) is 18.0 Å². The molecule has 6 heteroatoms. The van der Waals surface area contributed by atoms with Crippen molar-refractivity contribution in [2.24, 2.45) is 0 Å². The molecule has 1 aromatic carbocycles. The molecule has 6 nitrogen and oxygen atoms in total. The van der Waals surface area contributed by atoms with E-state index in [4.69, 9.17) is 9.47 Å². The van der Waals surface area contributed by atoms with Gasteiger partial charge in [-0.1, -0.05) is 36.9 Å². The van der Waals surface area contributed by atoms with Gasteiger partial charge in [-0.15, -0.1) is 0 Å². The van der Waals surface area contributed by atoms with Gasteiger partial charge in [0.25, 0.3) is 0 Å². The van der Waals surface area contributed by atoms with Crippen LogP contribution in [0, 0.1) is 13.8 Å². The van der Waals surface area contributed by atoms with Gasteiger partial charge in [-0.3, -0.25) is 0 Å². The molecule has 0 aliphatic carbocycles. The molecule has 2 rings (SSSR count). The average molecular weight is 386 g/mol. The minimum absolute atomic E-state index is 0.391. The van der Waals surface area contributed by atoms with E-state index in [-0.39, 0.29) is 0 Å². The fourth-order valence-corrected chi connectivity index (χ4v) is 2.77. The van der Waals surface area contributed by atoms with Gasteiger partial charge in [-0.25, -0.2) is 9.78 Å². The largest absolute Gasteiger partial charge is 0.444 e. The molecule has 0 unspecified atom stereocenters. The highest BCUT2D eigenvalue weighted by atomic mass is 16.6. The molecule has 0 aliphatic heterocycles. The summed E-state index contributed by atoms with van der Waals surface area (Å²) in [6.45, 7) is 15.0. The lowest BCUT2D eigenvalue weighted by molar-refractivity contribution is 0.0529. The Morgan fingerprint density at radius 2 is 1.86 bits per heavy atom. The zero-order valence-corrected chi connectivity index (χ0v) is 17.5. The van der Waals surface area contributed by atoms with Gasteiger partial charge in [0.15, 0.2) is 0 Å². The Labute approximate surface area is 167 Å². The van der Waals surface area contributed by atoms with Crippen molar-refractivity contribution in [3.63, 3.8) is 0 Å². The fourth-order valence-electron chi connectivity index (χ4n) is 2.77. The molecular weight excluding hydrogens is 354 g/mol. The van der Waals surface area contributed by atoms with E-state index in [0.717, 1.165) is 28.5 Å². The molecule has 2 aromatic rings. The van der Waals surface area contributed by atoms with Crippen molar-refractivity contribution in [2.75, 3.05) is 6.54 Å². The minimum Gasteiger partial charge on any atom is -0.444 e. The SMILES string of the molecule is C=C(CCNC(=O)OC(C)(C)C)n1c(COCc2ccccc2)nc(C)c1C. The molecule has 1 N–H and O–H groups in total. The van der Waals surface area contributed by atoms with Gasteiger partial charge in [-0.05, 0) is 40.2 Å². The molecule has 152 valence electrons. The average Bonchev–Trinajstić information content (AvgIpc) is 2.88. The quantitative estimate of drug-likeness (QED) is 0.721. The summed E-state index contributed by atoms with van der Waals surface area (Å²) in [5, 5.41) is 2.76. The van der Waals surface area contributed by atoms with E-state index in [1.165, 1.54) is 0 Å². The van der Waals surface area contributed by atoms with Crippen LogP contribution in [-0.2, 0) is 22.7 Å². The Morgan fingerprint density at radius 3 is 2.50 bits per heavy atom. The number of aromatic nitrogens is 2. The van der Waals surface area contributed by atoms with Crippen molar-refractivity contribution >= 4 is 11.8 Å². The molecule has 1 amide bonds. The first-order valence-electron chi connectivity index (χ1n) is 9.49. The van der Waals surface area contributed by atoms with Crippen LogP contribution in [0.25, 0.3) is 5.70 Å². The number of carbonyl (C=O) groups is 1. The zero-order valence-electron chi connectivity index (χ0n) is 17.5. The van der Waals surface area contributed by atoms with Crippen molar-refractivity contribution in [1.82, 2.24) is 14.9 Å². The van der Waals surface area contributed by atoms with Crippen molar-refractivity contribution in [2.45, 2.75) is 59.9 Å². The Bertz CT molecular complexity index is 804. The van der Waals surface area contributed by atoms with Crippen LogP contribution in [0.4, 0.5) is 4.79 Å². The maximum atomic E-state index is 11.8. The smallest absolute Gasteiger partial charge is 0.407 e. The van der Waals surface area contributed by atoms with E-state index in [0.29, 0.717) is 26.2 Å². The summed E-state index contributed by atoms with van der Waals surface area (Å²) in [4.78, 5) is 16.4. The number of carbonyl (C=O) groups excluding carboxylic acids is 1. The van der Waals surface area contributed by atoms with Gasteiger partial charge in [0.2, 0.25) is 0 Å². The molecule has 0 spiro atoms. The predicted molar refractivity (Wildman–Crippen MR) is 111 cm³/mol.